The van der Waals surface area contributed by atoms with Crippen molar-refractivity contribution >= 4 is 5.78 Å². The van der Waals surface area contributed by atoms with Crippen molar-refractivity contribution < 1.29 is 34.0 Å². The molecule has 0 radical (unpaired) electrons. The summed E-state index contributed by atoms with van der Waals surface area (Å²) in [7, 11) is 2.91. The highest BCUT2D eigenvalue weighted by atomic mass is 16.7. The van der Waals surface area contributed by atoms with Crippen LogP contribution in [0.5, 0.6) is 17.2 Å². The van der Waals surface area contributed by atoms with Gasteiger partial charge in [-0.05, 0) is 36.1 Å². The van der Waals surface area contributed by atoms with E-state index < -0.39 is 34.6 Å². The van der Waals surface area contributed by atoms with E-state index >= 15 is 0 Å². The van der Waals surface area contributed by atoms with E-state index in [1.165, 1.54) is 20.3 Å². The van der Waals surface area contributed by atoms with Crippen LogP contribution in [0.2, 0.25) is 0 Å². The lowest BCUT2D eigenvalue weighted by Gasteiger charge is -2.41. The number of hydrogen-bond acceptors (Lipinski definition) is 7. The van der Waals surface area contributed by atoms with Crippen LogP contribution in [0.3, 0.4) is 0 Å². The van der Waals surface area contributed by atoms with Gasteiger partial charge in [-0.2, -0.15) is 0 Å². The summed E-state index contributed by atoms with van der Waals surface area (Å²) in [6.45, 7) is 5.82. The smallest absolute Gasteiger partial charge is 0.231 e. The van der Waals surface area contributed by atoms with E-state index in [0.29, 0.717) is 29.2 Å². The van der Waals surface area contributed by atoms with Gasteiger partial charge >= 0.3 is 0 Å². The third kappa shape index (κ3) is 2.08. The van der Waals surface area contributed by atoms with E-state index in [4.69, 9.17) is 18.9 Å². The highest BCUT2D eigenvalue weighted by molar-refractivity contribution is 6.03. The van der Waals surface area contributed by atoms with Crippen LogP contribution in [0.15, 0.2) is 36.6 Å². The van der Waals surface area contributed by atoms with Crippen molar-refractivity contribution in [1.29, 1.82) is 0 Å². The summed E-state index contributed by atoms with van der Waals surface area (Å²) < 4.78 is 22.2. The summed E-state index contributed by atoms with van der Waals surface area (Å²) in [6.07, 6.45) is 2.38. The van der Waals surface area contributed by atoms with E-state index in [0.717, 1.165) is 0 Å². The molecule has 2 N–H and O–H groups in total. The van der Waals surface area contributed by atoms with Gasteiger partial charge in [0.05, 0.1) is 7.11 Å². The fraction of sp³-hybridized carbons (Fsp3) is 0.476. The number of carbonyl (C=O) groups excluding carboxylic acids is 1. The Balaban J connectivity index is 1.95. The van der Waals surface area contributed by atoms with Crippen molar-refractivity contribution in [2.75, 3.05) is 21.0 Å². The van der Waals surface area contributed by atoms with Crippen molar-refractivity contribution in [3.63, 3.8) is 0 Å². The number of ketones is 1. The van der Waals surface area contributed by atoms with Gasteiger partial charge in [-0.1, -0.05) is 13.0 Å². The average Bonchev–Trinajstić information content (AvgIpc) is 3.21. The van der Waals surface area contributed by atoms with Crippen LogP contribution in [-0.4, -0.2) is 48.7 Å². The zero-order chi connectivity index (χ0) is 20.3. The summed E-state index contributed by atoms with van der Waals surface area (Å²) in [5, 5.41) is 21.7. The molecule has 0 amide bonds. The molecule has 0 saturated heterocycles. The molecule has 1 heterocycles. The fourth-order valence-electron chi connectivity index (χ4n) is 5.30. The third-order valence-electron chi connectivity index (χ3n) is 6.59. The minimum Gasteiger partial charge on any atom is -0.505 e. The molecular weight excluding hydrogens is 364 g/mol. The summed E-state index contributed by atoms with van der Waals surface area (Å²) in [4.78, 5) is 13.1. The first-order valence-electron chi connectivity index (χ1n) is 9.15. The van der Waals surface area contributed by atoms with Crippen molar-refractivity contribution in [3.8, 4) is 17.2 Å². The van der Waals surface area contributed by atoms with E-state index in [1.807, 2.05) is 6.92 Å². The first-order chi connectivity index (χ1) is 13.4. The van der Waals surface area contributed by atoms with Crippen LogP contribution in [0.4, 0.5) is 0 Å². The van der Waals surface area contributed by atoms with E-state index in [2.05, 4.69) is 6.58 Å². The van der Waals surface area contributed by atoms with Crippen molar-refractivity contribution in [2.24, 2.45) is 11.3 Å². The number of aliphatic hydroxyl groups excluding tert-OH is 2. The average molecular weight is 388 g/mol. The highest BCUT2D eigenvalue weighted by Gasteiger charge is 2.72. The molecule has 150 valence electrons. The summed E-state index contributed by atoms with van der Waals surface area (Å²) in [5.41, 5.74) is -1.80. The number of Topliss-reactive ketones (excluding diaryl/α,β-unsaturated/α-hetero) is 1. The zero-order valence-corrected chi connectivity index (χ0v) is 16.1. The molecule has 0 spiro atoms. The third-order valence-corrected chi connectivity index (χ3v) is 6.59. The van der Waals surface area contributed by atoms with Gasteiger partial charge in [-0.15, -0.1) is 6.58 Å². The molecular formula is C21H24O7. The van der Waals surface area contributed by atoms with Crippen molar-refractivity contribution in [3.05, 3.63) is 42.2 Å². The molecule has 5 atom stereocenters. The van der Waals surface area contributed by atoms with Crippen LogP contribution in [0.1, 0.15) is 24.8 Å². The Bertz CT molecular complexity index is 876. The monoisotopic (exact) mass is 388 g/mol. The zero-order valence-electron chi connectivity index (χ0n) is 16.1. The predicted molar refractivity (Wildman–Crippen MR) is 99.7 cm³/mol. The molecule has 4 rings (SSSR count). The van der Waals surface area contributed by atoms with Gasteiger partial charge in [0.1, 0.15) is 6.10 Å². The Morgan fingerprint density at radius 3 is 2.75 bits per heavy atom. The maximum absolute atomic E-state index is 13.1. The number of rotatable bonds is 5. The predicted octanol–water partition coefficient (Wildman–Crippen LogP) is 2.49. The van der Waals surface area contributed by atoms with Crippen LogP contribution >= 0.6 is 0 Å². The van der Waals surface area contributed by atoms with Crippen molar-refractivity contribution in [2.45, 2.75) is 31.0 Å². The lowest BCUT2D eigenvalue weighted by molar-refractivity contribution is -0.161. The largest absolute Gasteiger partial charge is 0.505 e. The second-order valence-corrected chi connectivity index (χ2v) is 7.59. The molecule has 1 aromatic rings. The van der Waals surface area contributed by atoms with Crippen LogP contribution in [0.25, 0.3) is 0 Å². The molecule has 28 heavy (non-hydrogen) atoms. The Hall–Kier alpha value is -2.51. The van der Waals surface area contributed by atoms with Gasteiger partial charge in [-0.3, -0.25) is 4.79 Å². The molecule has 0 aromatic heterocycles. The summed E-state index contributed by atoms with van der Waals surface area (Å²) in [6, 6.07) is 3.56. The first kappa shape index (κ1) is 18.8. The molecule has 1 saturated carbocycles. The van der Waals surface area contributed by atoms with E-state index in [9.17, 15) is 15.0 Å². The Kier molecular flexibility index (Phi) is 4.21. The quantitative estimate of drug-likeness (QED) is 0.749. The molecule has 3 aliphatic rings. The van der Waals surface area contributed by atoms with E-state index in [-0.39, 0.29) is 12.7 Å². The molecule has 7 nitrogen and oxygen atoms in total. The van der Waals surface area contributed by atoms with Crippen molar-refractivity contribution in [1.82, 2.24) is 0 Å². The molecule has 1 aliphatic heterocycles. The Morgan fingerprint density at radius 2 is 2.11 bits per heavy atom. The maximum Gasteiger partial charge on any atom is 0.231 e. The van der Waals surface area contributed by atoms with Crippen LogP contribution < -0.4 is 14.2 Å². The lowest BCUT2D eigenvalue weighted by Crippen LogP contribution is -2.57. The molecule has 2 aliphatic carbocycles. The van der Waals surface area contributed by atoms with E-state index in [1.54, 1.807) is 18.2 Å². The minimum atomic E-state index is -1.63. The fourth-order valence-corrected chi connectivity index (χ4v) is 5.30. The van der Waals surface area contributed by atoms with Crippen LogP contribution in [-0.2, 0) is 9.53 Å². The molecule has 1 fully saturated rings. The second kappa shape index (κ2) is 6.25. The Labute approximate surface area is 163 Å². The number of fused-ring (bicyclic) bond motifs is 3. The standard InChI is InChI=1S/C21H24O7/c1-5-6-20-9-13(22)18(23)21(26-4,19(20)24)16(11(20)2)12-7-14(25-3)17-15(8-12)27-10-28-17/h5,7-9,11,16,19,22,24H,1,6,10H2,2-4H3/t11-,16+,19-,20-,21+/m1/s1. The highest BCUT2D eigenvalue weighted by Crippen LogP contribution is 2.64. The van der Waals surface area contributed by atoms with Gasteiger partial charge in [0.15, 0.2) is 22.9 Å². The Morgan fingerprint density at radius 1 is 1.36 bits per heavy atom. The molecule has 7 heteroatoms. The summed E-state index contributed by atoms with van der Waals surface area (Å²) in [5.74, 6) is -0.347. The maximum atomic E-state index is 13.1. The number of hydrogen-bond donors (Lipinski definition) is 2. The molecule has 2 bridgehead atoms. The normalized spacial score (nSPS) is 35.6. The molecule has 1 aromatic carbocycles. The summed E-state index contributed by atoms with van der Waals surface area (Å²) >= 11 is 0. The van der Waals surface area contributed by atoms with Gasteiger partial charge in [0, 0.05) is 18.4 Å². The topological polar surface area (TPSA) is 94.5 Å². The van der Waals surface area contributed by atoms with Gasteiger partial charge in [-0.25, -0.2) is 0 Å². The second-order valence-electron chi connectivity index (χ2n) is 7.59. The lowest BCUT2D eigenvalue weighted by atomic mass is 9.70. The van der Waals surface area contributed by atoms with Gasteiger partial charge in [0.2, 0.25) is 18.3 Å². The number of carbonyl (C=O) groups is 1. The minimum absolute atomic E-state index is 0.0785. The molecule has 0 unspecified atom stereocenters. The van der Waals surface area contributed by atoms with Gasteiger partial charge < -0.3 is 29.2 Å². The number of benzene rings is 1. The SMILES string of the molecule is C=CC[C@@]12C=C(O)C(=O)[C@@](OC)([C@H](c3cc(OC)c4c(c3)OCO4)[C@H]1C)[C@@H]2O. The van der Waals surface area contributed by atoms with Crippen LogP contribution in [0, 0.1) is 11.3 Å². The van der Waals surface area contributed by atoms with Gasteiger partial charge in [0.25, 0.3) is 0 Å². The number of allylic oxidation sites excluding steroid dienone is 1. The number of ether oxygens (including phenoxy) is 4. The number of methoxy groups -OCH3 is 2. The number of aliphatic hydroxyl groups is 2. The first-order valence-corrected chi connectivity index (χ1v) is 9.15.